The molecule has 0 atom stereocenters. The Morgan fingerprint density at radius 3 is 0.241 bits per heavy atom. The zero-order valence-electron chi connectivity index (χ0n) is 3.61. The number of carbonyl (C=O) groups is 2. The summed E-state index contributed by atoms with van der Waals surface area (Å²) < 4.78 is 0. The van der Waals surface area contributed by atoms with E-state index in [0.717, 1.165) is 0 Å². The first-order valence-corrected chi connectivity index (χ1v) is 1.30. The van der Waals surface area contributed by atoms with Crippen molar-refractivity contribution in [2.24, 2.45) is 0 Å². The van der Waals surface area contributed by atoms with Crippen LogP contribution in [0.2, 0.25) is 0 Å². The molecule has 0 aliphatic rings. The molecule has 0 aliphatic carbocycles. The van der Waals surface area contributed by atoms with Crippen LogP contribution in [0, 0.1) is 0 Å². The molecule has 0 bridgehead atoms. The van der Waals surface area contributed by atoms with Crippen molar-refractivity contribution < 1.29 is 30.0 Å². The minimum absolute atomic E-state index is 0. The van der Waals surface area contributed by atoms with Gasteiger partial charge in [0.1, 0.15) is 0 Å². The fourth-order valence-corrected chi connectivity index (χ4v) is 0. The predicted molar refractivity (Wildman–Crippen MR) is 201 cm³/mol. The second-order valence-electron chi connectivity index (χ2n) is 0.565. The van der Waals surface area contributed by atoms with E-state index in [1.165, 1.54) is 0 Å². The minimum atomic E-state index is -1.83. The summed E-state index contributed by atoms with van der Waals surface area (Å²) in [6.07, 6.45) is -3.67. The predicted octanol–water partition coefficient (Wildman–Crippen LogP) is -18.8. The van der Waals surface area contributed by atoms with E-state index in [1.807, 2.05) is 0 Å². The molecule has 4 N–H and O–H groups in total. The van der Waals surface area contributed by atoms with Crippen LogP contribution >= 0.6 is 0 Å². The molecule has 0 aromatic heterocycles. The van der Waals surface area contributed by atoms with Gasteiger partial charge in [-0.05, 0) is 0 Å². The van der Waals surface area contributed by atoms with Gasteiger partial charge in [-0.25, -0.2) is 9.59 Å². The van der Waals surface area contributed by atoms with Crippen LogP contribution in [0.3, 0.4) is 0 Å². The first-order valence-electron chi connectivity index (χ1n) is 1.30. The van der Waals surface area contributed by atoms with Crippen molar-refractivity contribution in [2.75, 3.05) is 0 Å². The molecule has 0 aromatic rings. The van der Waals surface area contributed by atoms with Crippen molar-refractivity contribution >= 4 is 805 Å². The third-order valence-corrected chi connectivity index (χ3v) is 0. The third kappa shape index (κ3) is 221. The average molecular weight is 1010 g/mol. The molecule has 0 heterocycles. The monoisotopic (exact) mass is 1010 g/mol. The number of hydrogen-bond acceptors (Lipinski definition) is 2. The first-order chi connectivity index (χ1) is 3.46. The summed E-state index contributed by atoms with van der Waals surface area (Å²) in [6, 6.07) is 0. The van der Waals surface area contributed by atoms with Crippen molar-refractivity contribution in [1.29, 1.82) is 0 Å². The van der Waals surface area contributed by atoms with Gasteiger partial charge in [0.2, 0.25) is 0 Å². The molecule has 0 radical (unpaired) electrons. The fourth-order valence-electron chi connectivity index (χ4n) is 0. The third-order valence-electron chi connectivity index (χ3n) is 0. The van der Waals surface area contributed by atoms with E-state index in [0.29, 0.717) is 0 Å². The number of hydrogen-bond donors (Lipinski definition) is 4. The van der Waals surface area contributed by atoms with Crippen LogP contribution in [0.15, 0.2) is 0 Å². The molecule has 0 unspecified atom stereocenters. The zero-order valence-corrected chi connectivity index (χ0v) is 3.61. The van der Waals surface area contributed by atoms with Gasteiger partial charge < -0.3 is 20.4 Å². The number of carboxylic acid groups (broad SMARTS) is 4. The van der Waals surface area contributed by atoms with Crippen molar-refractivity contribution in [3.8, 4) is 0 Å². The Balaban J connectivity index is -0.000000000686. The zero-order chi connectivity index (χ0) is 7.15. The van der Waals surface area contributed by atoms with Gasteiger partial charge in [0.15, 0.2) is 0 Å². The van der Waals surface area contributed by atoms with Crippen LogP contribution in [0.5, 0.6) is 0 Å². The molecule has 6 nitrogen and oxygen atoms in total. The molecular formula is C2H46Ca21O6. The van der Waals surface area contributed by atoms with Gasteiger partial charge in [-0.2, -0.15) is 0 Å². The van der Waals surface area contributed by atoms with Crippen LogP contribution < -0.4 is 0 Å². The van der Waals surface area contributed by atoms with Crippen LogP contribution in [0.4, 0.5) is 9.59 Å². The standard InChI is InChI=1S/2CH2O3.21Ca.42H/c2*2-1(3)4;;;;;;;;;;;;;;;;;;;;;;;;;;;;;;;;;;;;;;;;;;;;;;;;;;;;;;;;;;;;;;;/h2*(H2,2,3,4);;;;;;;;;;;;;;;;;;;;;;;;;;;;;;;;;;;;;;;;;;;;;;;;;;;;;;;;;;;;;;;. The van der Waals surface area contributed by atoms with Crippen molar-refractivity contribution in [3.63, 3.8) is 0 Å². The molecular weight excluding hydrogens is 962 g/mol. The van der Waals surface area contributed by atoms with Gasteiger partial charge in [-0.1, -0.05) is 0 Å². The topological polar surface area (TPSA) is 115 Å². The molecule has 29 heavy (non-hydrogen) atoms. The Kier molecular flexibility index (Phi) is 812. The summed E-state index contributed by atoms with van der Waals surface area (Å²) >= 11 is 0. The Bertz CT molecular complexity index is 89.2. The Hall–Kier alpha value is 25.0. The van der Waals surface area contributed by atoms with Gasteiger partial charge in [0.25, 0.3) is 0 Å². The van der Waals surface area contributed by atoms with E-state index in [9.17, 15) is 0 Å². The molecule has 0 fully saturated rings. The molecule has 27 heteroatoms. The second kappa shape index (κ2) is 149. The second-order valence-corrected chi connectivity index (χ2v) is 0.565. The average Bonchev–Trinajstić information content (AvgIpc) is 1.25. The van der Waals surface area contributed by atoms with E-state index in [4.69, 9.17) is 30.0 Å². The van der Waals surface area contributed by atoms with Gasteiger partial charge in [-0.3, -0.25) is 0 Å². The van der Waals surface area contributed by atoms with E-state index in [1.54, 1.807) is 0 Å². The van der Waals surface area contributed by atoms with Gasteiger partial charge in [-0.15, -0.1) is 0 Å². The normalized spacial score (nSPS) is 1.66. The first kappa shape index (κ1) is 158. The van der Waals surface area contributed by atoms with Crippen LogP contribution in [0.1, 0.15) is 0 Å². The summed E-state index contributed by atoms with van der Waals surface area (Å²) in [4.78, 5) is 17.1. The van der Waals surface area contributed by atoms with Crippen LogP contribution in [-0.2, 0) is 0 Å². The Morgan fingerprint density at radius 1 is 0.241 bits per heavy atom. The molecule has 132 valence electrons. The van der Waals surface area contributed by atoms with Crippen molar-refractivity contribution in [1.82, 2.24) is 0 Å². The summed E-state index contributed by atoms with van der Waals surface area (Å²) in [6.45, 7) is 0. The van der Waals surface area contributed by atoms with E-state index < -0.39 is 12.3 Å². The van der Waals surface area contributed by atoms with Crippen molar-refractivity contribution in [2.45, 2.75) is 0 Å². The van der Waals surface area contributed by atoms with E-state index >= 15 is 0 Å². The summed E-state index contributed by atoms with van der Waals surface area (Å²) in [5, 5.41) is 27.9. The molecule has 0 saturated heterocycles. The van der Waals surface area contributed by atoms with E-state index in [2.05, 4.69) is 0 Å². The summed E-state index contributed by atoms with van der Waals surface area (Å²) in [5.74, 6) is 0. The van der Waals surface area contributed by atoms with E-state index in [-0.39, 0.29) is 793 Å². The van der Waals surface area contributed by atoms with Crippen molar-refractivity contribution in [3.05, 3.63) is 0 Å². The molecule has 0 amide bonds. The SMILES string of the molecule is O=C(O)O.O=C(O)O.[CaH2].[CaH2].[CaH2].[CaH2].[CaH2].[CaH2].[CaH2].[CaH2].[CaH2].[CaH2].[CaH2].[CaH2].[CaH2].[CaH2].[CaH2].[CaH2].[CaH2].[CaH2].[CaH2].[CaH2].[CaH2]. The maximum atomic E-state index is 8.56. The fraction of sp³-hybridized carbons (Fsp3) is 0. The Labute approximate surface area is 802 Å². The number of rotatable bonds is 0. The molecule has 0 rings (SSSR count). The molecule has 0 saturated carbocycles. The van der Waals surface area contributed by atoms with Gasteiger partial charge in [0.05, 0.1) is 0 Å². The summed E-state index contributed by atoms with van der Waals surface area (Å²) in [7, 11) is 0. The van der Waals surface area contributed by atoms with Crippen LogP contribution in [0.25, 0.3) is 0 Å². The summed E-state index contributed by atoms with van der Waals surface area (Å²) in [5.41, 5.74) is 0. The Morgan fingerprint density at radius 2 is 0.241 bits per heavy atom. The van der Waals surface area contributed by atoms with Crippen LogP contribution in [-0.4, -0.2) is 825 Å². The molecule has 0 aliphatic heterocycles. The van der Waals surface area contributed by atoms with Gasteiger partial charge >= 0.3 is 805 Å². The molecule has 0 spiro atoms. The quantitative estimate of drug-likeness (QED) is 0.180. The maximum absolute atomic E-state index is 8.56. The van der Waals surface area contributed by atoms with Gasteiger partial charge in [0, 0.05) is 0 Å². The molecule has 0 aromatic carbocycles.